The molecule has 0 radical (unpaired) electrons. The van der Waals surface area contributed by atoms with Crippen molar-refractivity contribution in [2.75, 3.05) is 13.6 Å². The Kier molecular flexibility index (Phi) is 2.59. The summed E-state index contributed by atoms with van der Waals surface area (Å²) >= 11 is 0. The highest BCUT2D eigenvalue weighted by atomic mass is 16.4. The highest BCUT2D eigenvalue weighted by Gasteiger charge is 2.24. The molecule has 4 heteroatoms. The first-order valence-corrected chi connectivity index (χ1v) is 6.31. The molecule has 0 atom stereocenters. The van der Waals surface area contributed by atoms with Crippen LogP contribution < -0.4 is 0 Å². The molecular weight excluding hydrogens is 240 g/mol. The van der Waals surface area contributed by atoms with Gasteiger partial charge < -0.3 is 14.6 Å². The number of nitrogens with zero attached hydrogens (tertiary/aromatic N) is 2. The van der Waals surface area contributed by atoms with Crippen molar-refractivity contribution in [1.82, 2.24) is 9.47 Å². The van der Waals surface area contributed by atoms with Crippen molar-refractivity contribution in [2.45, 2.75) is 6.42 Å². The van der Waals surface area contributed by atoms with E-state index in [2.05, 4.69) is 6.07 Å². The van der Waals surface area contributed by atoms with Gasteiger partial charge in [0.25, 0.3) is 0 Å². The second-order valence-corrected chi connectivity index (χ2v) is 4.98. The summed E-state index contributed by atoms with van der Waals surface area (Å²) in [4.78, 5) is 13.5. The summed E-state index contributed by atoms with van der Waals surface area (Å²) in [5.74, 6) is -0.874. The molecule has 0 spiro atoms. The summed E-state index contributed by atoms with van der Waals surface area (Å²) in [7, 11) is 3.85. The summed E-state index contributed by atoms with van der Waals surface area (Å²) in [5.41, 5.74) is 3.42. The lowest BCUT2D eigenvalue weighted by Gasteiger charge is -2.11. The Morgan fingerprint density at radius 2 is 2.00 bits per heavy atom. The summed E-state index contributed by atoms with van der Waals surface area (Å²) in [6, 6.07) is 8.09. The van der Waals surface area contributed by atoms with Gasteiger partial charge >= 0.3 is 5.97 Å². The fourth-order valence-electron chi connectivity index (χ4n) is 2.86. The number of carbonyl (C=O) groups is 1. The summed E-state index contributed by atoms with van der Waals surface area (Å²) in [5, 5.41) is 10.6. The average molecular weight is 256 g/mol. The molecule has 1 aromatic carbocycles. The largest absolute Gasteiger partial charge is 0.478 e. The zero-order valence-corrected chi connectivity index (χ0v) is 11.1. The van der Waals surface area contributed by atoms with Crippen LogP contribution in [0.5, 0.6) is 0 Å². The fraction of sp³-hybridized carbons (Fsp3) is 0.267. The molecule has 0 saturated heterocycles. The first-order chi connectivity index (χ1) is 9.09. The summed E-state index contributed by atoms with van der Waals surface area (Å²) < 4.78 is 1.99. The van der Waals surface area contributed by atoms with E-state index >= 15 is 0 Å². The Morgan fingerprint density at radius 3 is 2.74 bits per heavy atom. The van der Waals surface area contributed by atoms with E-state index in [1.807, 2.05) is 41.8 Å². The van der Waals surface area contributed by atoms with Crippen molar-refractivity contribution in [3.8, 4) is 0 Å². The minimum absolute atomic E-state index is 0.369. The van der Waals surface area contributed by atoms with Gasteiger partial charge in [-0.1, -0.05) is 18.2 Å². The topological polar surface area (TPSA) is 45.5 Å². The molecule has 1 N–H and O–H groups in total. The predicted molar refractivity (Wildman–Crippen MR) is 74.9 cm³/mol. The fourth-order valence-corrected chi connectivity index (χ4v) is 2.86. The van der Waals surface area contributed by atoms with Crippen LogP contribution in [-0.4, -0.2) is 34.1 Å². The number of aliphatic carboxylic acids is 1. The van der Waals surface area contributed by atoms with E-state index in [0.29, 0.717) is 5.57 Å². The summed E-state index contributed by atoms with van der Waals surface area (Å²) in [6.07, 6.45) is 2.59. The molecule has 4 nitrogen and oxygen atoms in total. The van der Waals surface area contributed by atoms with E-state index in [4.69, 9.17) is 0 Å². The van der Waals surface area contributed by atoms with E-state index in [9.17, 15) is 9.90 Å². The number of rotatable bonds is 1. The number of para-hydroxylation sites is 1. The third-order valence-corrected chi connectivity index (χ3v) is 3.76. The Morgan fingerprint density at radius 1 is 1.26 bits per heavy atom. The second-order valence-electron chi connectivity index (χ2n) is 4.98. The zero-order chi connectivity index (χ0) is 13.6. The Balaban J connectivity index is 2.37. The number of aryl methyl sites for hydroxylation is 1. The van der Waals surface area contributed by atoms with Crippen LogP contribution in [0, 0.1) is 0 Å². The van der Waals surface area contributed by atoms with E-state index in [1.165, 1.54) is 0 Å². The van der Waals surface area contributed by atoms with E-state index < -0.39 is 5.97 Å². The first-order valence-electron chi connectivity index (χ1n) is 6.31. The SMILES string of the molecule is CN1C=C(C(=O)O)c2c(c3ccccc3n2C)CC1. The van der Waals surface area contributed by atoms with E-state index in [-0.39, 0.29) is 0 Å². The molecule has 0 amide bonds. The predicted octanol–water partition coefficient (Wildman–Crippen LogP) is 2.09. The van der Waals surface area contributed by atoms with Crippen LogP contribution >= 0.6 is 0 Å². The number of hydrogen-bond donors (Lipinski definition) is 1. The van der Waals surface area contributed by atoms with Gasteiger partial charge in [0.2, 0.25) is 0 Å². The maximum absolute atomic E-state index is 11.5. The van der Waals surface area contributed by atoms with E-state index in [0.717, 1.165) is 35.1 Å². The van der Waals surface area contributed by atoms with Gasteiger partial charge in [0.15, 0.2) is 0 Å². The van der Waals surface area contributed by atoms with Crippen molar-refractivity contribution in [3.05, 3.63) is 41.7 Å². The van der Waals surface area contributed by atoms with Gasteiger partial charge in [0.05, 0.1) is 11.3 Å². The first kappa shape index (κ1) is 11.8. The van der Waals surface area contributed by atoms with Gasteiger partial charge in [-0.3, -0.25) is 0 Å². The van der Waals surface area contributed by atoms with Crippen molar-refractivity contribution < 1.29 is 9.90 Å². The number of likely N-dealkylation sites (N-methyl/N-ethyl adjacent to an activating group) is 1. The maximum atomic E-state index is 11.5. The molecule has 98 valence electrons. The molecule has 0 aliphatic carbocycles. The van der Waals surface area contributed by atoms with Crippen molar-refractivity contribution in [2.24, 2.45) is 7.05 Å². The Bertz CT molecular complexity index is 697. The highest BCUT2D eigenvalue weighted by molar-refractivity contribution is 6.16. The van der Waals surface area contributed by atoms with Crippen molar-refractivity contribution >= 4 is 22.4 Å². The quantitative estimate of drug-likeness (QED) is 0.849. The Hall–Kier alpha value is -2.23. The lowest BCUT2D eigenvalue weighted by Crippen LogP contribution is -2.14. The van der Waals surface area contributed by atoms with Crippen LogP contribution in [0.4, 0.5) is 0 Å². The smallest absolute Gasteiger partial charge is 0.339 e. The second kappa shape index (κ2) is 4.16. The van der Waals surface area contributed by atoms with Gasteiger partial charge in [-0.25, -0.2) is 4.79 Å². The van der Waals surface area contributed by atoms with Crippen molar-refractivity contribution in [1.29, 1.82) is 0 Å². The molecule has 2 heterocycles. The number of hydrogen-bond acceptors (Lipinski definition) is 2. The van der Waals surface area contributed by atoms with Crippen LogP contribution in [0.15, 0.2) is 30.5 Å². The van der Waals surface area contributed by atoms with Crippen LogP contribution in [-0.2, 0) is 18.3 Å². The standard InChI is InChI=1S/C15H16N2O2/c1-16-8-7-11-10-5-3-4-6-13(10)17(2)14(11)12(9-16)15(18)19/h3-6,9H,7-8H2,1-2H3,(H,18,19). The molecule has 1 aliphatic heterocycles. The Labute approximate surface area is 111 Å². The number of carboxylic acids is 1. The van der Waals surface area contributed by atoms with Gasteiger partial charge in [0, 0.05) is 37.7 Å². The molecule has 0 fully saturated rings. The molecule has 0 saturated carbocycles. The molecule has 0 bridgehead atoms. The number of fused-ring (bicyclic) bond motifs is 3. The minimum Gasteiger partial charge on any atom is -0.478 e. The maximum Gasteiger partial charge on any atom is 0.339 e. The third-order valence-electron chi connectivity index (χ3n) is 3.76. The molecule has 3 rings (SSSR count). The monoisotopic (exact) mass is 256 g/mol. The zero-order valence-electron chi connectivity index (χ0n) is 11.1. The number of aromatic nitrogens is 1. The molecule has 19 heavy (non-hydrogen) atoms. The lowest BCUT2D eigenvalue weighted by molar-refractivity contribution is -0.130. The van der Waals surface area contributed by atoms with E-state index in [1.54, 1.807) is 6.20 Å². The average Bonchev–Trinajstić information content (AvgIpc) is 2.55. The normalized spacial score (nSPS) is 15.1. The molecule has 1 aromatic heterocycles. The van der Waals surface area contributed by atoms with Gasteiger partial charge in [-0.15, -0.1) is 0 Å². The van der Waals surface area contributed by atoms with Crippen molar-refractivity contribution in [3.63, 3.8) is 0 Å². The van der Waals surface area contributed by atoms with Crippen LogP contribution in [0.25, 0.3) is 16.5 Å². The van der Waals surface area contributed by atoms with Crippen LogP contribution in [0.2, 0.25) is 0 Å². The van der Waals surface area contributed by atoms with Crippen LogP contribution in [0.1, 0.15) is 11.3 Å². The third kappa shape index (κ3) is 1.71. The molecule has 0 unspecified atom stereocenters. The summed E-state index contributed by atoms with van der Waals surface area (Å²) in [6.45, 7) is 0.831. The van der Waals surface area contributed by atoms with Gasteiger partial charge in [0.1, 0.15) is 0 Å². The lowest BCUT2D eigenvalue weighted by atomic mass is 10.0. The molecule has 2 aromatic rings. The molecular formula is C15H16N2O2. The number of carboxylic acid groups (broad SMARTS) is 1. The minimum atomic E-state index is -0.874. The highest BCUT2D eigenvalue weighted by Crippen LogP contribution is 2.32. The van der Waals surface area contributed by atoms with Crippen LogP contribution in [0.3, 0.4) is 0 Å². The van der Waals surface area contributed by atoms with Gasteiger partial charge in [-0.2, -0.15) is 0 Å². The molecule has 1 aliphatic rings. The van der Waals surface area contributed by atoms with Gasteiger partial charge in [-0.05, 0) is 18.1 Å². The number of benzene rings is 1.